The van der Waals surface area contributed by atoms with Crippen LogP contribution < -0.4 is 25.3 Å². The third kappa shape index (κ3) is 4.52. The molecule has 2 bridgehead atoms. The summed E-state index contributed by atoms with van der Waals surface area (Å²) in [6.45, 7) is 3.15. The Bertz CT molecular complexity index is 1370. The lowest BCUT2D eigenvalue weighted by molar-refractivity contribution is 0.0982. The highest BCUT2D eigenvalue weighted by molar-refractivity contribution is 6.40. The van der Waals surface area contributed by atoms with Crippen molar-refractivity contribution in [2.24, 2.45) is 0 Å². The number of hydrogen-bond acceptors (Lipinski definition) is 9. The van der Waals surface area contributed by atoms with Crippen LogP contribution >= 0.6 is 23.2 Å². The Hall–Kier alpha value is -3.15. The topological polar surface area (TPSA) is 106 Å². The molecule has 4 aliphatic heterocycles. The monoisotopic (exact) mass is 555 g/mol. The van der Waals surface area contributed by atoms with Crippen molar-refractivity contribution >= 4 is 57.9 Å². The van der Waals surface area contributed by atoms with Gasteiger partial charge in [-0.25, -0.2) is 4.98 Å². The lowest BCUT2D eigenvalue weighted by atomic mass is 10.1. The second-order valence-corrected chi connectivity index (χ2v) is 10.5. The Labute approximate surface area is 230 Å². The van der Waals surface area contributed by atoms with Gasteiger partial charge in [-0.1, -0.05) is 29.3 Å². The van der Waals surface area contributed by atoms with E-state index in [2.05, 4.69) is 25.5 Å². The number of aliphatic hydroxyl groups is 1. The molecule has 0 radical (unpaired) electrons. The second kappa shape index (κ2) is 10.2. The molecule has 2 aromatic carbocycles. The molecule has 1 amide bonds. The number of halogens is 2. The zero-order valence-electron chi connectivity index (χ0n) is 20.7. The first-order valence-corrected chi connectivity index (χ1v) is 13.1. The molecule has 3 fully saturated rings. The molecular formula is C26H27Cl2N7O3. The van der Waals surface area contributed by atoms with Gasteiger partial charge >= 0.3 is 0 Å². The van der Waals surface area contributed by atoms with Crippen LogP contribution in [0.15, 0.2) is 42.6 Å². The summed E-state index contributed by atoms with van der Waals surface area (Å²) < 4.78 is 5.77. The summed E-state index contributed by atoms with van der Waals surface area (Å²) in [5, 5.41) is 17.7. The molecule has 1 aromatic heterocycles. The number of aliphatic hydroxyl groups excluding tert-OH is 1. The Morgan fingerprint density at radius 3 is 2.82 bits per heavy atom. The molecule has 10 nitrogen and oxygen atoms in total. The van der Waals surface area contributed by atoms with Crippen LogP contribution in [0.4, 0.5) is 28.8 Å². The lowest BCUT2D eigenvalue weighted by Crippen LogP contribution is -2.56. The molecule has 12 heteroatoms. The van der Waals surface area contributed by atoms with Gasteiger partial charge in [0.2, 0.25) is 5.95 Å². The Morgan fingerprint density at radius 2 is 2.03 bits per heavy atom. The molecule has 2 atom stereocenters. The predicted molar refractivity (Wildman–Crippen MR) is 148 cm³/mol. The summed E-state index contributed by atoms with van der Waals surface area (Å²) in [6, 6.07) is 11.5. The van der Waals surface area contributed by atoms with E-state index < -0.39 is 0 Å². The van der Waals surface area contributed by atoms with Crippen LogP contribution in [0.1, 0.15) is 15.9 Å². The highest BCUT2D eigenvalue weighted by Crippen LogP contribution is 2.38. The molecule has 0 saturated carbocycles. The fraction of sp³-hybridized carbons (Fsp3) is 0.346. The van der Waals surface area contributed by atoms with Gasteiger partial charge in [0, 0.05) is 49.3 Å². The average molecular weight is 556 g/mol. The molecule has 5 heterocycles. The van der Waals surface area contributed by atoms with E-state index in [-0.39, 0.29) is 31.3 Å². The Morgan fingerprint density at radius 1 is 1.21 bits per heavy atom. The maximum Gasteiger partial charge on any atom is 0.265 e. The normalized spacial score (nSPS) is 20.9. The van der Waals surface area contributed by atoms with Crippen molar-refractivity contribution < 1.29 is 14.6 Å². The van der Waals surface area contributed by atoms with Crippen molar-refractivity contribution in [2.75, 3.05) is 60.0 Å². The number of rotatable bonds is 5. The van der Waals surface area contributed by atoms with Gasteiger partial charge in [-0.2, -0.15) is 4.98 Å². The van der Waals surface area contributed by atoms with Crippen LogP contribution in [0, 0.1) is 0 Å². The fourth-order valence-corrected chi connectivity index (χ4v) is 5.85. The molecule has 198 valence electrons. The maximum atomic E-state index is 13.3. The number of fused-ring (bicyclic) bond motifs is 5. The number of aromatic nitrogens is 2. The van der Waals surface area contributed by atoms with Gasteiger partial charge in [-0.3, -0.25) is 9.69 Å². The molecule has 2 unspecified atom stereocenters. The number of nitrogens with zero attached hydrogens (tertiary/aromatic N) is 5. The van der Waals surface area contributed by atoms with Crippen LogP contribution in [0.3, 0.4) is 0 Å². The van der Waals surface area contributed by atoms with E-state index in [0.29, 0.717) is 46.3 Å². The van der Waals surface area contributed by atoms with Gasteiger partial charge in [0.1, 0.15) is 11.4 Å². The molecule has 3 aromatic rings. The number of hydrogen-bond donors (Lipinski definition) is 3. The number of piperazine rings is 1. The first-order valence-electron chi connectivity index (χ1n) is 12.4. The van der Waals surface area contributed by atoms with Gasteiger partial charge < -0.3 is 30.3 Å². The van der Waals surface area contributed by atoms with Gasteiger partial charge in [0.25, 0.3) is 5.91 Å². The van der Waals surface area contributed by atoms with Crippen molar-refractivity contribution in [1.29, 1.82) is 0 Å². The van der Waals surface area contributed by atoms with Crippen molar-refractivity contribution in [2.45, 2.75) is 18.7 Å². The number of carbonyl (C=O) groups excluding carboxylic acids is 1. The van der Waals surface area contributed by atoms with E-state index in [4.69, 9.17) is 27.9 Å². The molecule has 3 N–H and O–H groups in total. The Kier molecular flexibility index (Phi) is 6.75. The van der Waals surface area contributed by atoms with Gasteiger partial charge in [-0.05, 0) is 30.3 Å². The first-order chi connectivity index (χ1) is 18.4. The molecular weight excluding hydrogens is 529 g/mol. The highest BCUT2D eigenvalue weighted by Gasteiger charge is 2.34. The molecule has 0 aliphatic carbocycles. The number of ether oxygens (including phenoxy) is 1. The fourth-order valence-electron chi connectivity index (χ4n) is 5.25. The third-order valence-corrected chi connectivity index (χ3v) is 7.72. The number of carbonyl (C=O) groups is 1. The van der Waals surface area contributed by atoms with Crippen LogP contribution in [0.2, 0.25) is 10.0 Å². The number of anilines is 5. The number of amides is 1. The summed E-state index contributed by atoms with van der Waals surface area (Å²) >= 11 is 12.7. The van der Waals surface area contributed by atoms with Crippen molar-refractivity contribution in [3.8, 4) is 0 Å². The van der Waals surface area contributed by atoms with Crippen LogP contribution in [0.25, 0.3) is 0 Å². The van der Waals surface area contributed by atoms with E-state index in [1.807, 2.05) is 30.1 Å². The summed E-state index contributed by atoms with van der Waals surface area (Å²) in [5.74, 6) is 0.562. The lowest BCUT2D eigenvalue weighted by Gasteiger charge is -2.39. The van der Waals surface area contributed by atoms with E-state index in [1.165, 1.54) is 11.1 Å². The molecule has 7 rings (SSSR count). The quantitative estimate of drug-likeness (QED) is 0.437. The van der Waals surface area contributed by atoms with Crippen molar-refractivity contribution in [3.63, 3.8) is 0 Å². The minimum absolute atomic E-state index is 0.101. The smallest absolute Gasteiger partial charge is 0.265 e. The SMILES string of the molecule is CN1CN(c2c(Cl)cccc2Cl)C(=O)c2cnc(Nc3ccc(N4CC5COCC4CN5)c(CO)c3)nc21. The van der Waals surface area contributed by atoms with Crippen molar-refractivity contribution in [3.05, 3.63) is 63.8 Å². The zero-order chi connectivity index (χ0) is 26.4. The molecule has 4 aliphatic rings. The average Bonchev–Trinajstić information content (AvgIpc) is 3.27. The van der Waals surface area contributed by atoms with E-state index in [9.17, 15) is 9.90 Å². The summed E-state index contributed by atoms with van der Waals surface area (Å²) in [6.07, 6.45) is 1.50. The van der Waals surface area contributed by atoms with Crippen molar-refractivity contribution in [1.82, 2.24) is 15.3 Å². The van der Waals surface area contributed by atoms with E-state index in [1.54, 1.807) is 18.2 Å². The van der Waals surface area contributed by atoms with Gasteiger partial charge in [0.15, 0.2) is 0 Å². The third-order valence-electron chi connectivity index (χ3n) is 7.11. The minimum Gasteiger partial charge on any atom is -0.392 e. The largest absolute Gasteiger partial charge is 0.392 e. The Balaban J connectivity index is 1.25. The van der Waals surface area contributed by atoms with E-state index in [0.717, 1.165) is 30.0 Å². The predicted octanol–water partition coefficient (Wildman–Crippen LogP) is 3.25. The molecule has 38 heavy (non-hydrogen) atoms. The van der Waals surface area contributed by atoms with Gasteiger partial charge in [0.05, 0.1) is 48.3 Å². The molecule has 0 spiro atoms. The number of para-hydroxylation sites is 1. The minimum atomic E-state index is -0.281. The molecule has 3 saturated heterocycles. The summed E-state index contributed by atoms with van der Waals surface area (Å²) in [4.78, 5) is 28.0. The summed E-state index contributed by atoms with van der Waals surface area (Å²) in [5.41, 5.74) is 3.34. The van der Waals surface area contributed by atoms with Crippen LogP contribution in [-0.2, 0) is 11.3 Å². The highest BCUT2D eigenvalue weighted by atomic mass is 35.5. The van der Waals surface area contributed by atoms with Crippen LogP contribution in [-0.4, -0.2) is 73.1 Å². The standard InChI is InChI=1S/C26H27Cl2N7O3/c1-33-14-35(23-20(27)3-2-4-21(23)28)25(37)19-9-30-26(32-24(19)33)31-16-5-6-22(15(7-16)11-36)34-10-17-12-38-13-18(34)8-29-17/h2-7,9,17-18,29,36H,8,10-14H2,1H3,(H,30,31,32). The van der Waals surface area contributed by atoms with Gasteiger partial charge in [-0.15, -0.1) is 0 Å². The first kappa shape index (κ1) is 25.1. The van der Waals surface area contributed by atoms with Crippen LogP contribution in [0.5, 0.6) is 0 Å². The van der Waals surface area contributed by atoms with E-state index >= 15 is 0 Å². The maximum absolute atomic E-state index is 13.3. The summed E-state index contributed by atoms with van der Waals surface area (Å²) in [7, 11) is 1.84. The second-order valence-electron chi connectivity index (χ2n) is 9.65. The number of nitrogens with one attached hydrogen (secondary N) is 2. The zero-order valence-corrected chi connectivity index (χ0v) is 22.2. The number of benzene rings is 2.